The normalized spacial score (nSPS) is 15.5. The van der Waals surface area contributed by atoms with Gasteiger partial charge in [0.2, 0.25) is 5.91 Å². The number of hydrogen-bond acceptors (Lipinski definition) is 5. The van der Waals surface area contributed by atoms with Crippen LogP contribution in [0.5, 0.6) is 0 Å². The van der Waals surface area contributed by atoms with Gasteiger partial charge in [-0.3, -0.25) is 9.59 Å². The monoisotopic (exact) mass is 380 g/mol. The third kappa shape index (κ3) is 3.54. The third-order valence-corrected chi connectivity index (χ3v) is 5.25. The van der Waals surface area contributed by atoms with Gasteiger partial charge >= 0.3 is 0 Å². The number of piperidine rings is 1. The molecule has 0 aliphatic carbocycles. The van der Waals surface area contributed by atoms with Gasteiger partial charge in [0, 0.05) is 24.9 Å². The Labute approximate surface area is 162 Å². The molecule has 1 aliphatic rings. The fraction of sp³-hybridized carbons (Fsp3) is 0.450. The Hall–Kier alpha value is -3.03. The first-order valence-corrected chi connectivity index (χ1v) is 9.69. The van der Waals surface area contributed by atoms with Crippen LogP contribution in [-0.2, 0) is 11.3 Å². The van der Waals surface area contributed by atoms with E-state index in [9.17, 15) is 9.59 Å². The molecule has 3 heterocycles. The van der Waals surface area contributed by atoms with E-state index in [0.29, 0.717) is 31.1 Å². The Morgan fingerprint density at radius 2 is 1.93 bits per heavy atom. The van der Waals surface area contributed by atoms with E-state index in [0.717, 1.165) is 18.4 Å². The van der Waals surface area contributed by atoms with Gasteiger partial charge in [-0.1, -0.05) is 49.4 Å². The summed E-state index contributed by atoms with van der Waals surface area (Å²) in [5.74, 6) is 0.962. The number of nitrogens with one attached hydrogen (secondary N) is 1. The van der Waals surface area contributed by atoms with Crippen LogP contribution in [0.25, 0.3) is 11.2 Å². The summed E-state index contributed by atoms with van der Waals surface area (Å²) in [6.45, 7) is 5.72. The molecule has 8 heteroatoms. The number of aromatic nitrogens is 5. The molecule has 0 unspecified atom stereocenters. The van der Waals surface area contributed by atoms with E-state index in [1.807, 2.05) is 49.1 Å². The Morgan fingerprint density at radius 1 is 1.21 bits per heavy atom. The fourth-order valence-corrected chi connectivity index (χ4v) is 3.68. The van der Waals surface area contributed by atoms with Crippen molar-refractivity contribution in [1.82, 2.24) is 29.9 Å². The maximum atomic E-state index is 12.5. The predicted molar refractivity (Wildman–Crippen MR) is 105 cm³/mol. The van der Waals surface area contributed by atoms with Gasteiger partial charge in [0.25, 0.3) is 5.56 Å². The molecule has 1 aromatic carbocycles. The number of carbonyl (C=O) groups excluding carboxylic acids is 1. The van der Waals surface area contributed by atoms with Crippen molar-refractivity contribution < 1.29 is 4.79 Å². The maximum Gasteiger partial charge on any atom is 0.281 e. The zero-order valence-corrected chi connectivity index (χ0v) is 16.1. The molecule has 3 aromatic rings. The zero-order valence-electron chi connectivity index (χ0n) is 16.1. The van der Waals surface area contributed by atoms with E-state index in [4.69, 9.17) is 4.98 Å². The number of H-pyrrole nitrogens is 1. The summed E-state index contributed by atoms with van der Waals surface area (Å²) in [6, 6.07) is 9.89. The van der Waals surface area contributed by atoms with Gasteiger partial charge in [-0.25, -0.2) is 9.67 Å². The molecular formula is C20H24N6O2. The van der Waals surface area contributed by atoms with E-state index < -0.39 is 0 Å². The lowest BCUT2D eigenvalue weighted by Gasteiger charge is -2.32. The van der Waals surface area contributed by atoms with Crippen molar-refractivity contribution in [2.45, 2.75) is 39.2 Å². The van der Waals surface area contributed by atoms with Crippen molar-refractivity contribution in [3.63, 3.8) is 0 Å². The largest absolute Gasteiger partial charge is 0.342 e. The van der Waals surface area contributed by atoms with Gasteiger partial charge in [-0.2, -0.15) is 0 Å². The van der Waals surface area contributed by atoms with Crippen LogP contribution in [0.15, 0.2) is 35.1 Å². The Kier molecular flexibility index (Phi) is 4.93. The lowest BCUT2D eigenvalue weighted by Crippen LogP contribution is -2.40. The van der Waals surface area contributed by atoms with Gasteiger partial charge in [0.15, 0.2) is 11.2 Å². The number of benzene rings is 1. The number of carbonyl (C=O) groups is 1. The van der Waals surface area contributed by atoms with Crippen LogP contribution < -0.4 is 5.56 Å². The highest BCUT2D eigenvalue weighted by molar-refractivity contribution is 5.78. The zero-order chi connectivity index (χ0) is 19.7. The third-order valence-electron chi connectivity index (χ3n) is 5.25. The maximum absolute atomic E-state index is 12.5. The van der Waals surface area contributed by atoms with Crippen LogP contribution in [0.2, 0.25) is 0 Å². The summed E-state index contributed by atoms with van der Waals surface area (Å²) in [7, 11) is 0. The van der Waals surface area contributed by atoms with Crippen molar-refractivity contribution in [2.75, 3.05) is 13.1 Å². The van der Waals surface area contributed by atoms with Crippen molar-refractivity contribution in [1.29, 1.82) is 0 Å². The fourth-order valence-electron chi connectivity index (χ4n) is 3.68. The van der Waals surface area contributed by atoms with Gasteiger partial charge < -0.3 is 9.88 Å². The number of nitrogens with zero attached hydrogens (tertiary/aromatic N) is 5. The Balaban J connectivity index is 1.58. The second-order valence-electron chi connectivity index (χ2n) is 7.61. The lowest BCUT2D eigenvalue weighted by atomic mass is 9.95. The molecule has 0 radical (unpaired) electrons. The molecule has 4 rings (SSSR count). The van der Waals surface area contributed by atoms with Gasteiger partial charge in [0.05, 0.1) is 6.54 Å². The first-order valence-electron chi connectivity index (χ1n) is 9.69. The second kappa shape index (κ2) is 7.53. The van der Waals surface area contributed by atoms with Crippen molar-refractivity contribution in [3.8, 4) is 0 Å². The molecule has 1 amide bonds. The summed E-state index contributed by atoms with van der Waals surface area (Å²) in [4.78, 5) is 34.2. The van der Waals surface area contributed by atoms with Crippen LogP contribution >= 0.6 is 0 Å². The molecule has 1 aliphatic heterocycles. The SMILES string of the molecule is CC(C)C(=O)N1CCC(c2nc3c(nnn3Cc3ccccc3)c(=O)[nH]2)CC1. The van der Waals surface area contributed by atoms with Gasteiger partial charge in [0.1, 0.15) is 5.82 Å². The molecule has 146 valence electrons. The van der Waals surface area contributed by atoms with E-state index in [-0.39, 0.29) is 28.8 Å². The van der Waals surface area contributed by atoms with Crippen molar-refractivity contribution in [3.05, 3.63) is 52.1 Å². The Bertz CT molecular complexity index is 1030. The molecule has 2 aromatic heterocycles. The average Bonchev–Trinajstić information content (AvgIpc) is 3.11. The van der Waals surface area contributed by atoms with Gasteiger partial charge in [-0.05, 0) is 18.4 Å². The van der Waals surface area contributed by atoms with E-state index in [2.05, 4.69) is 15.3 Å². The molecule has 1 saturated heterocycles. The number of likely N-dealkylation sites (tertiary alicyclic amines) is 1. The van der Waals surface area contributed by atoms with Crippen molar-refractivity contribution in [2.24, 2.45) is 5.92 Å². The molecule has 1 fully saturated rings. The molecule has 0 spiro atoms. The summed E-state index contributed by atoms with van der Waals surface area (Å²) < 4.78 is 1.67. The molecule has 28 heavy (non-hydrogen) atoms. The first kappa shape index (κ1) is 18.3. The van der Waals surface area contributed by atoms with Gasteiger partial charge in [-0.15, -0.1) is 5.10 Å². The minimum atomic E-state index is -0.264. The Morgan fingerprint density at radius 3 is 2.61 bits per heavy atom. The highest BCUT2D eigenvalue weighted by Gasteiger charge is 2.27. The highest BCUT2D eigenvalue weighted by Crippen LogP contribution is 2.26. The lowest BCUT2D eigenvalue weighted by molar-refractivity contribution is -0.135. The van der Waals surface area contributed by atoms with E-state index >= 15 is 0 Å². The van der Waals surface area contributed by atoms with Crippen LogP contribution in [-0.4, -0.2) is 48.9 Å². The van der Waals surface area contributed by atoms with Crippen molar-refractivity contribution >= 4 is 17.1 Å². The number of rotatable bonds is 4. The number of hydrogen-bond donors (Lipinski definition) is 1. The van der Waals surface area contributed by atoms with Crippen LogP contribution in [0, 0.1) is 5.92 Å². The standard InChI is InChI=1S/C20H24N6O2/c1-13(2)20(28)25-10-8-15(9-11-25)17-21-18-16(19(27)22-17)23-24-26(18)12-14-6-4-3-5-7-14/h3-7,13,15H,8-12H2,1-2H3,(H,21,22,27). The van der Waals surface area contributed by atoms with Crippen LogP contribution in [0.3, 0.4) is 0 Å². The quantitative estimate of drug-likeness (QED) is 0.746. The summed E-state index contributed by atoms with van der Waals surface area (Å²) >= 11 is 0. The minimum Gasteiger partial charge on any atom is -0.342 e. The molecule has 8 nitrogen and oxygen atoms in total. The average molecular weight is 380 g/mol. The second-order valence-corrected chi connectivity index (χ2v) is 7.61. The van der Waals surface area contributed by atoms with E-state index in [1.54, 1.807) is 4.68 Å². The highest BCUT2D eigenvalue weighted by atomic mass is 16.2. The molecular weight excluding hydrogens is 356 g/mol. The van der Waals surface area contributed by atoms with Crippen LogP contribution in [0.4, 0.5) is 0 Å². The van der Waals surface area contributed by atoms with Crippen LogP contribution in [0.1, 0.15) is 44.0 Å². The molecule has 0 bridgehead atoms. The number of amides is 1. The summed E-state index contributed by atoms with van der Waals surface area (Å²) in [5.41, 5.74) is 1.56. The first-order chi connectivity index (χ1) is 13.5. The number of fused-ring (bicyclic) bond motifs is 1. The minimum absolute atomic E-state index is 0.00393. The van der Waals surface area contributed by atoms with E-state index in [1.165, 1.54) is 0 Å². The smallest absolute Gasteiger partial charge is 0.281 e. The molecule has 1 N–H and O–H groups in total. The summed E-state index contributed by atoms with van der Waals surface area (Å²) in [6.07, 6.45) is 1.57. The predicted octanol–water partition coefficient (Wildman–Crippen LogP) is 1.92. The topological polar surface area (TPSA) is 96.8 Å². The molecule has 0 atom stereocenters. The number of aromatic amines is 1. The molecule has 0 saturated carbocycles. The summed E-state index contributed by atoms with van der Waals surface area (Å²) in [5, 5.41) is 8.13.